The van der Waals surface area contributed by atoms with Crippen LogP contribution in [0.15, 0.2) is 79.0 Å². The minimum Gasteiger partial charge on any atom is -0.365 e. The number of hydrogen-bond donors (Lipinski definition) is 1. The summed E-state index contributed by atoms with van der Waals surface area (Å²) in [5, 5.41) is 4.16. The summed E-state index contributed by atoms with van der Waals surface area (Å²) in [5.74, 6) is 0. The predicted octanol–water partition coefficient (Wildman–Crippen LogP) is 5.62. The van der Waals surface area contributed by atoms with Crippen molar-refractivity contribution in [1.82, 2.24) is 4.90 Å². The first-order chi connectivity index (χ1) is 12.0. The van der Waals surface area contributed by atoms with Gasteiger partial charge in [0.1, 0.15) is 6.29 Å². The normalized spacial score (nSPS) is 11.6. The van der Waals surface area contributed by atoms with Gasteiger partial charge >= 0.3 is 0 Å². The molecule has 0 fully saturated rings. The van der Waals surface area contributed by atoms with E-state index in [1.54, 1.807) is 18.2 Å². The van der Waals surface area contributed by atoms with Gasteiger partial charge in [-0.05, 0) is 56.3 Å². The van der Waals surface area contributed by atoms with Crippen LogP contribution in [0, 0.1) is 0 Å². The van der Waals surface area contributed by atoms with Crippen molar-refractivity contribution in [3.8, 4) is 0 Å². The van der Waals surface area contributed by atoms with Crippen molar-refractivity contribution in [2.24, 2.45) is 0 Å². The summed E-state index contributed by atoms with van der Waals surface area (Å²) in [5.41, 5.74) is 2.81. The van der Waals surface area contributed by atoms with Crippen LogP contribution in [-0.4, -0.2) is 24.4 Å². The third-order valence-corrected chi connectivity index (χ3v) is 3.90. The molecule has 0 saturated carbocycles. The molecule has 0 spiro atoms. The second-order valence-electron chi connectivity index (χ2n) is 5.51. The maximum absolute atomic E-state index is 10.6. The molecular weight excluding hydrogens is 332 g/mol. The van der Waals surface area contributed by atoms with E-state index in [9.17, 15) is 4.79 Å². The van der Waals surface area contributed by atoms with Gasteiger partial charge in [-0.3, -0.25) is 4.79 Å². The molecular formula is C21H25ClN2O. The van der Waals surface area contributed by atoms with Gasteiger partial charge in [0.2, 0.25) is 0 Å². The second kappa shape index (κ2) is 11.1. The van der Waals surface area contributed by atoms with E-state index in [-0.39, 0.29) is 6.17 Å². The molecule has 132 valence electrons. The number of rotatable bonds is 6. The summed E-state index contributed by atoms with van der Waals surface area (Å²) in [6, 6.07) is 16.9. The Morgan fingerprint density at radius 2 is 1.76 bits per heavy atom. The molecule has 4 heteroatoms. The van der Waals surface area contributed by atoms with E-state index in [4.69, 9.17) is 11.6 Å². The number of nitrogens with zero attached hydrogens (tertiary/aromatic N) is 1. The number of anilines is 1. The van der Waals surface area contributed by atoms with Crippen LogP contribution >= 0.6 is 11.6 Å². The SMILES string of the molecule is C=C/C=C(/C)N(C)C(C)Nc1ccc(C=O)cc1.Clc1ccccc1. The highest BCUT2D eigenvalue weighted by atomic mass is 35.5. The Balaban J connectivity index is 0.000000370. The quantitative estimate of drug-likeness (QED) is 0.414. The van der Waals surface area contributed by atoms with E-state index in [2.05, 4.69) is 23.7 Å². The zero-order valence-electron chi connectivity index (χ0n) is 14.9. The molecule has 2 rings (SSSR count). The first kappa shape index (κ1) is 20.5. The van der Waals surface area contributed by atoms with E-state index in [0.29, 0.717) is 5.56 Å². The summed E-state index contributed by atoms with van der Waals surface area (Å²) in [4.78, 5) is 12.7. The van der Waals surface area contributed by atoms with Gasteiger partial charge in [-0.2, -0.15) is 0 Å². The number of allylic oxidation sites excluding steroid dienone is 3. The van der Waals surface area contributed by atoms with Crippen LogP contribution in [0.2, 0.25) is 5.02 Å². The predicted molar refractivity (Wildman–Crippen MR) is 108 cm³/mol. The Kier molecular flexibility index (Phi) is 9.12. The summed E-state index contributed by atoms with van der Waals surface area (Å²) >= 11 is 5.54. The molecule has 25 heavy (non-hydrogen) atoms. The Labute approximate surface area is 155 Å². The number of carbonyl (C=O) groups is 1. The lowest BCUT2D eigenvalue weighted by Gasteiger charge is -2.29. The van der Waals surface area contributed by atoms with E-state index in [1.165, 1.54) is 0 Å². The highest BCUT2D eigenvalue weighted by Gasteiger charge is 2.08. The molecule has 1 atom stereocenters. The molecule has 0 aliphatic heterocycles. The Hall–Kier alpha value is -2.52. The summed E-state index contributed by atoms with van der Waals surface area (Å²) in [6.07, 6.45) is 4.74. The molecule has 0 saturated heterocycles. The van der Waals surface area contributed by atoms with Crippen LogP contribution in [0.25, 0.3) is 0 Å². The fourth-order valence-electron chi connectivity index (χ4n) is 2.00. The second-order valence-corrected chi connectivity index (χ2v) is 5.95. The number of benzene rings is 2. The molecule has 0 heterocycles. The average Bonchev–Trinajstić information content (AvgIpc) is 2.63. The molecule has 0 aliphatic carbocycles. The lowest BCUT2D eigenvalue weighted by atomic mass is 10.2. The number of nitrogens with one attached hydrogen (secondary N) is 1. The standard InChI is InChI=1S/C15H20N2O.C6H5Cl/c1-5-6-12(2)17(4)13(3)16-15-9-7-14(11-18)8-10-15;7-6-4-2-1-3-5-6/h5-11,13,16H,1H2,2-4H3;1-5H/b12-6-;. The molecule has 0 amide bonds. The van der Waals surface area contributed by atoms with Crippen molar-refractivity contribution in [2.45, 2.75) is 20.0 Å². The fourth-order valence-corrected chi connectivity index (χ4v) is 2.15. The van der Waals surface area contributed by atoms with Crippen LogP contribution in [-0.2, 0) is 0 Å². The Bertz CT molecular complexity index is 681. The highest BCUT2D eigenvalue weighted by Crippen LogP contribution is 2.13. The monoisotopic (exact) mass is 356 g/mol. The highest BCUT2D eigenvalue weighted by molar-refractivity contribution is 6.30. The van der Waals surface area contributed by atoms with Gasteiger partial charge in [0.05, 0.1) is 6.17 Å². The maximum atomic E-state index is 10.6. The van der Waals surface area contributed by atoms with Crippen LogP contribution in [0.5, 0.6) is 0 Å². The van der Waals surface area contributed by atoms with Crippen molar-refractivity contribution in [3.05, 3.63) is 89.6 Å². The van der Waals surface area contributed by atoms with Gasteiger partial charge in [0.15, 0.2) is 0 Å². The number of aldehydes is 1. The molecule has 0 bridgehead atoms. The molecule has 0 aromatic heterocycles. The van der Waals surface area contributed by atoms with Crippen molar-refractivity contribution < 1.29 is 4.79 Å². The van der Waals surface area contributed by atoms with Crippen molar-refractivity contribution in [2.75, 3.05) is 12.4 Å². The molecule has 3 nitrogen and oxygen atoms in total. The van der Waals surface area contributed by atoms with Gasteiger partial charge in [-0.1, -0.05) is 42.5 Å². The number of hydrogen-bond acceptors (Lipinski definition) is 3. The Morgan fingerprint density at radius 1 is 1.16 bits per heavy atom. The zero-order valence-corrected chi connectivity index (χ0v) is 15.7. The summed E-state index contributed by atoms with van der Waals surface area (Å²) < 4.78 is 0. The molecule has 0 radical (unpaired) electrons. The van der Waals surface area contributed by atoms with E-state index < -0.39 is 0 Å². The first-order valence-corrected chi connectivity index (χ1v) is 8.40. The average molecular weight is 357 g/mol. The van der Waals surface area contributed by atoms with Crippen LogP contribution in [0.1, 0.15) is 24.2 Å². The van der Waals surface area contributed by atoms with E-state index >= 15 is 0 Å². The minimum absolute atomic E-state index is 0.156. The number of carbonyl (C=O) groups excluding carboxylic acids is 1. The van der Waals surface area contributed by atoms with Crippen LogP contribution in [0.4, 0.5) is 5.69 Å². The van der Waals surface area contributed by atoms with E-state index in [1.807, 2.05) is 62.5 Å². The molecule has 1 N–H and O–H groups in total. The largest absolute Gasteiger partial charge is 0.365 e. The summed E-state index contributed by atoms with van der Waals surface area (Å²) in [7, 11) is 2.02. The van der Waals surface area contributed by atoms with Gasteiger partial charge in [-0.15, -0.1) is 0 Å². The molecule has 0 aliphatic rings. The van der Waals surface area contributed by atoms with E-state index in [0.717, 1.165) is 22.7 Å². The maximum Gasteiger partial charge on any atom is 0.150 e. The van der Waals surface area contributed by atoms with Gasteiger partial charge in [0, 0.05) is 29.0 Å². The topological polar surface area (TPSA) is 32.3 Å². The zero-order chi connectivity index (χ0) is 18.7. The lowest BCUT2D eigenvalue weighted by molar-refractivity contribution is 0.112. The first-order valence-electron chi connectivity index (χ1n) is 8.02. The third kappa shape index (κ3) is 7.73. The third-order valence-electron chi connectivity index (χ3n) is 3.65. The Morgan fingerprint density at radius 3 is 2.20 bits per heavy atom. The van der Waals surface area contributed by atoms with Gasteiger partial charge in [0.25, 0.3) is 0 Å². The summed E-state index contributed by atoms with van der Waals surface area (Å²) in [6.45, 7) is 7.80. The molecule has 1 unspecified atom stereocenters. The van der Waals surface area contributed by atoms with Crippen molar-refractivity contribution in [3.63, 3.8) is 0 Å². The smallest absolute Gasteiger partial charge is 0.150 e. The number of halogens is 1. The van der Waals surface area contributed by atoms with Crippen molar-refractivity contribution >= 4 is 23.6 Å². The van der Waals surface area contributed by atoms with Gasteiger partial charge < -0.3 is 10.2 Å². The fraction of sp³-hybridized carbons (Fsp3) is 0.190. The minimum atomic E-state index is 0.156. The van der Waals surface area contributed by atoms with Crippen molar-refractivity contribution in [1.29, 1.82) is 0 Å². The molecule has 2 aromatic carbocycles. The lowest BCUT2D eigenvalue weighted by Crippen LogP contribution is -2.34. The van der Waals surface area contributed by atoms with Gasteiger partial charge in [-0.25, -0.2) is 0 Å². The molecule has 2 aromatic rings. The van der Waals surface area contributed by atoms with Crippen LogP contribution < -0.4 is 5.32 Å². The van der Waals surface area contributed by atoms with Crippen LogP contribution in [0.3, 0.4) is 0 Å².